The van der Waals surface area contributed by atoms with Crippen LogP contribution in [0.25, 0.3) is 0 Å². The van der Waals surface area contributed by atoms with Gasteiger partial charge in [-0.2, -0.15) is 0 Å². The lowest BCUT2D eigenvalue weighted by molar-refractivity contribution is 0.165. The Labute approximate surface area is 113 Å². The van der Waals surface area contributed by atoms with Gasteiger partial charge in [-0.05, 0) is 18.4 Å². The van der Waals surface area contributed by atoms with E-state index in [1.54, 1.807) is 0 Å². The van der Waals surface area contributed by atoms with Crippen LogP contribution in [0.4, 0.5) is 5.88 Å². The summed E-state index contributed by atoms with van der Waals surface area (Å²) in [5.74, 6) is 0.493. The Kier molecular flexibility index (Phi) is 3.25. The molecule has 0 spiro atoms. The average Bonchev–Trinajstić information content (AvgIpc) is 2.82. The number of hydrogen-bond donors (Lipinski definition) is 1. The van der Waals surface area contributed by atoms with Crippen molar-refractivity contribution in [3.8, 4) is 0 Å². The fourth-order valence-electron chi connectivity index (χ4n) is 2.89. The molecule has 2 N–H and O–H groups in total. The molecule has 0 aliphatic carbocycles. The van der Waals surface area contributed by atoms with Crippen LogP contribution in [0.1, 0.15) is 36.2 Å². The molecule has 2 aromatic rings. The number of aromatic nitrogens is 1. The SMILES string of the molecule is CCC1c2noc(N)c2CCN1Cc1ccccc1. The molecule has 3 rings (SSSR count). The van der Waals surface area contributed by atoms with E-state index in [9.17, 15) is 0 Å². The monoisotopic (exact) mass is 257 g/mol. The lowest BCUT2D eigenvalue weighted by Crippen LogP contribution is -2.34. The first-order valence-electron chi connectivity index (χ1n) is 6.81. The number of nitrogen functional groups attached to an aromatic ring is 1. The normalized spacial score (nSPS) is 19.3. The number of fused-ring (bicyclic) bond motifs is 1. The summed E-state index contributed by atoms with van der Waals surface area (Å²) in [6, 6.07) is 10.9. The van der Waals surface area contributed by atoms with E-state index < -0.39 is 0 Å². The number of rotatable bonds is 3. The van der Waals surface area contributed by atoms with Gasteiger partial charge in [0.15, 0.2) is 0 Å². The van der Waals surface area contributed by atoms with E-state index >= 15 is 0 Å². The molecular formula is C15H19N3O. The highest BCUT2D eigenvalue weighted by Gasteiger charge is 2.31. The smallest absolute Gasteiger partial charge is 0.225 e. The van der Waals surface area contributed by atoms with Gasteiger partial charge in [-0.3, -0.25) is 4.90 Å². The van der Waals surface area contributed by atoms with Gasteiger partial charge < -0.3 is 10.3 Å². The van der Waals surface area contributed by atoms with E-state index in [1.165, 1.54) is 5.56 Å². The van der Waals surface area contributed by atoms with E-state index in [-0.39, 0.29) is 0 Å². The summed E-state index contributed by atoms with van der Waals surface area (Å²) in [6.07, 6.45) is 1.94. The molecule has 0 radical (unpaired) electrons. The minimum absolute atomic E-state index is 0.310. The summed E-state index contributed by atoms with van der Waals surface area (Å²) in [4.78, 5) is 2.46. The first-order chi connectivity index (χ1) is 9.29. The Morgan fingerprint density at radius 2 is 2.16 bits per heavy atom. The van der Waals surface area contributed by atoms with Crippen molar-refractivity contribution in [2.45, 2.75) is 32.4 Å². The molecule has 2 heterocycles. The van der Waals surface area contributed by atoms with Crippen LogP contribution in [-0.4, -0.2) is 16.6 Å². The molecule has 1 aromatic heterocycles. The van der Waals surface area contributed by atoms with E-state index in [1.807, 2.05) is 6.07 Å². The summed E-state index contributed by atoms with van der Waals surface area (Å²) in [5, 5.41) is 4.16. The van der Waals surface area contributed by atoms with Crippen LogP contribution in [-0.2, 0) is 13.0 Å². The van der Waals surface area contributed by atoms with Crippen LogP contribution in [0.15, 0.2) is 34.9 Å². The first-order valence-corrected chi connectivity index (χ1v) is 6.81. The molecule has 0 saturated heterocycles. The van der Waals surface area contributed by atoms with Crippen molar-refractivity contribution in [1.82, 2.24) is 10.1 Å². The van der Waals surface area contributed by atoms with Crippen LogP contribution in [0.2, 0.25) is 0 Å². The second kappa shape index (κ2) is 5.05. The standard InChI is InChI=1S/C15H19N3O/c1-2-13-14-12(15(16)19-17-14)8-9-18(13)10-11-6-4-3-5-7-11/h3-7,13H,2,8-10,16H2,1H3. The molecule has 19 heavy (non-hydrogen) atoms. The molecular weight excluding hydrogens is 238 g/mol. The van der Waals surface area contributed by atoms with Crippen LogP contribution in [0.5, 0.6) is 0 Å². The molecule has 0 fully saturated rings. The molecule has 4 heteroatoms. The van der Waals surface area contributed by atoms with Gasteiger partial charge in [0, 0.05) is 18.7 Å². The van der Waals surface area contributed by atoms with Crippen molar-refractivity contribution in [2.24, 2.45) is 0 Å². The van der Waals surface area contributed by atoms with Gasteiger partial charge in [0.1, 0.15) is 5.69 Å². The van der Waals surface area contributed by atoms with Gasteiger partial charge in [-0.15, -0.1) is 0 Å². The van der Waals surface area contributed by atoms with Crippen LogP contribution in [0, 0.1) is 0 Å². The number of nitrogens with zero attached hydrogens (tertiary/aromatic N) is 2. The summed E-state index contributed by atoms with van der Waals surface area (Å²) >= 11 is 0. The fourth-order valence-corrected chi connectivity index (χ4v) is 2.89. The molecule has 1 unspecified atom stereocenters. The number of hydrogen-bond acceptors (Lipinski definition) is 4. The third-order valence-electron chi connectivity index (χ3n) is 3.87. The molecule has 1 aromatic carbocycles. The number of benzene rings is 1. The number of nitrogens with two attached hydrogens (primary N) is 1. The predicted octanol–water partition coefficient (Wildman–Crippen LogP) is 2.77. The molecule has 1 aliphatic rings. The maximum Gasteiger partial charge on any atom is 0.225 e. The summed E-state index contributed by atoms with van der Waals surface area (Å²) in [5.41, 5.74) is 9.30. The van der Waals surface area contributed by atoms with Gasteiger partial charge in [-0.25, -0.2) is 0 Å². The molecule has 100 valence electrons. The zero-order valence-electron chi connectivity index (χ0n) is 11.2. The molecule has 0 bridgehead atoms. The Morgan fingerprint density at radius 3 is 2.89 bits per heavy atom. The zero-order chi connectivity index (χ0) is 13.2. The second-order valence-electron chi connectivity index (χ2n) is 5.04. The highest BCUT2D eigenvalue weighted by Crippen LogP contribution is 2.34. The van der Waals surface area contributed by atoms with Gasteiger partial charge in [0.2, 0.25) is 5.88 Å². The third kappa shape index (κ3) is 2.24. The van der Waals surface area contributed by atoms with Crippen molar-refractivity contribution in [3.05, 3.63) is 47.2 Å². The quantitative estimate of drug-likeness (QED) is 0.918. The summed E-state index contributed by atoms with van der Waals surface area (Å²) in [7, 11) is 0. The fraction of sp³-hybridized carbons (Fsp3) is 0.400. The first kappa shape index (κ1) is 12.2. The Hall–Kier alpha value is -1.81. The van der Waals surface area contributed by atoms with Gasteiger partial charge >= 0.3 is 0 Å². The van der Waals surface area contributed by atoms with Crippen LogP contribution >= 0.6 is 0 Å². The van der Waals surface area contributed by atoms with Gasteiger partial charge in [0.05, 0.1) is 6.04 Å². The van der Waals surface area contributed by atoms with E-state index in [2.05, 4.69) is 41.2 Å². The summed E-state index contributed by atoms with van der Waals surface area (Å²) < 4.78 is 5.15. The van der Waals surface area contributed by atoms with Crippen molar-refractivity contribution in [2.75, 3.05) is 12.3 Å². The molecule has 1 atom stereocenters. The largest absolute Gasteiger partial charge is 0.367 e. The molecule has 0 amide bonds. The van der Waals surface area contributed by atoms with E-state index in [0.717, 1.165) is 37.2 Å². The van der Waals surface area contributed by atoms with Crippen LogP contribution in [0.3, 0.4) is 0 Å². The minimum atomic E-state index is 0.310. The Bertz CT molecular complexity index is 550. The second-order valence-corrected chi connectivity index (χ2v) is 5.04. The lowest BCUT2D eigenvalue weighted by atomic mass is 9.97. The van der Waals surface area contributed by atoms with Crippen molar-refractivity contribution in [3.63, 3.8) is 0 Å². The third-order valence-corrected chi connectivity index (χ3v) is 3.87. The highest BCUT2D eigenvalue weighted by atomic mass is 16.5. The summed E-state index contributed by atoms with van der Waals surface area (Å²) in [6.45, 7) is 4.14. The Balaban J connectivity index is 1.84. The van der Waals surface area contributed by atoms with Crippen LogP contribution < -0.4 is 5.73 Å². The van der Waals surface area contributed by atoms with Crippen molar-refractivity contribution < 1.29 is 4.52 Å². The predicted molar refractivity (Wildman–Crippen MR) is 74.5 cm³/mol. The van der Waals surface area contributed by atoms with E-state index in [0.29, 0.717) is 11.9 Å². The van der Waals surface area contributed by atoms with Gasteiger partial charge in [0.25, 0.3) is 0 Å². The molecule has 1 aliphatic heterocycles. The topological polar surface area (TPSA) is 55.3 Å². The average molecular weight is 257 g/mol. The highest BCUT2D eigenvalue weighted by molar-refractivity contribution is 5.42. The van der Waals surface area contributed by atoms with E-state index in [4.69, 9.17) is 10.3 Å². The zero-order valence-corrected chi connectivity index (χ0v) is 11.2. The van der Waals surface area contributed by atoms with Crippen molar-refractivity contribution >= 4 is 5.88 Å². The Morgan fingerprint density at radius 1 is 1.37 bits per heavy atom. The molecule has 4 nitrogen and oxygen atoms in total. The minimum Gasteiger partial charge on any atom is -0.367 e. The maximum absolute atomic E-state index is 5.83. The van der Waals surface area contributed by atoms with Crippen molar-refractivity contribution in [1.29, 1.82) is 0 Å². The lowest BCUT2D eigenvalue weighted by Gasteiger charge is -2.33. The number of anilines is 1. The maximum atomic E-state index is 5.83. The van der Waals surface area contributed by atoms with Gasteiger partial charge in [-0.1, -0.05) is 42.4 Å². The molecule has 0 saturated carbocycles.